The van der Waals surface area contributed by atoms with Crippen LogP contribution in [0.3, 0.4) is 0 Å². The standard InChI is InChI=1S/C20H21ClF3N3O4S/c1-31-14-5-7-15(8-6-14)32(29,30)27-11-9-26(10-12-27)13-18(28)25-19-16(20(22,23)24)3-2-4-17(19)21/h2-8H,9-13H2,1H3,(H,25,28). The van der Waals surface area contributed by atoms with Crippen molar-refractivity contribution >= 4 is 33.2 Å². The lowest BCUT2D eigenvalue weighted by atomic mass is 10.1. The Morgan fingerprint density at radius 2 is 1.72 bits per heavy atom. The maximum atomic E-state index is 13.2. The quantitative estimate of drug-likeness (QED) is 0.670. The number of sulfonamides is 1. The summed E-state index contributed by atoms with van der Waals surface area (Å²) >= 11 is 5.86. The number of halogens is 4. The SMILES string of the molecule is COc1ccc(S(=O)(=O)N2CCN(CC(=O)Nc3c(Cl)cccc3C(F)(F)F)CC2)cc1. The zero-order chi connectivity index (χ0) is 23.5. The van der Waals surface area contributed by atoms with E-state index in [9.17, 15) is 26.4 Å². The number of benzene rings is 2. The summed E-state index contributed by atoms with van der Waals surface area (Å²) in [6.07, 6.45) is -4.67. The highest BCUT2D eigenvalue weighted by Gasteiger charge is 2.35. The third kappa shape index (κ3) is 5.52. The first kappa shape index (κ1) is 24.3. The summed E-state index contributed by atoms with van der Waals surface area (Å²) in [5, 5.41) is 2.02. The molecule has 0 saturated carbocycles. The highest BCUT2D eigenvalue weighted by Crippen LogP contribution is 2.38. The molecule has 1 N–H and O–H groups in total. The fourth-order valence-electron chi connectivity index (χ4n) is 3.29. The summed E-state index contributed by atoms with van der Waals surface area (Å²) in [7, 11) is -2.23. The molecule has 12 heteroatoms. The van der Waals surface area contributed by atoms with E-state index in [1.54, 1.807) is 17.0 Å². The van der Waals surface area contributed by atoms with Crippen LogP contribution in [0.25, 0.3) is 0 Å². The molecule has 1 aliphatic heterocycles. The summed E-state index contributed by atoms with van der Waals surface area (Å²) < 4.78 is 71.5. The molecule has 0 bridgehead atoms. The Labute approximate surface area is 188 Å². The van der Waals surface area contributed by atoms with Crippen molar-refractivity contribution in [3.8, 4) is 5.75 Å². The van der Waals surface area contributed by atoms with Crippen LogP contribution in [-0.2, 0) is 21.0 Å². The number of carbonyl (C=O) groups excluding carboxylic acids is 1. The van der Waals surface area contributed by atoms with Crippen molar-refractivity contribution in [1.82, 2.24) is 9.21 Å². The van der Waals surface area contributed by atoms with E-state index in [4.69, 9.17) is 16.3 Å². The van der Waals surface area contributed by atoms with Crippen LogP contribution in [-0.4, -0.2) is 63.4 Å². The lowest BCUT2D eigenvalue weighted by Gasteiger charge is -2.33. The zero-order valence-electron chi connectivity index (χ0n) is 17.0. The number of nitrogens with one attached hydrogen (secondary N) is 1. The van der Waals surface area contributed by atoms with Crippen molar-refractivity contribution in [1.29, 1.82) is 0 Å². The lowest BCUT2D eigenvalue weighted by molar-refractivity contribution is -0.137. The molecule has 0 aromatic heterocycles. The third-order valence-corrected chi connectivity index (χ3v) is 7.21. The number of alkyl halides is 3. The smallest absolute Gasteiger partial charge is 0.418 e. The molecule has 174 valence electrons. The summed E-state index contributed by atoms with van der Waals surface area (Å²) in [6.45, 7) is 0.580. The number of hydrogen-bond donors (Lipinski definition) is 1. The summed E-state index contributed by atoms with van der Waals surface area (Å²) in [4.78, 5) is 14.1. The van der Waals surface area contributed by atoms with Gasteiger partial charge in [-0.2, -0.15) is 17.5 Å². The molecule has 3 rings (SSSR count). The molecule has 1 amide bonds. The predicted molar refractivity (Wildman–Crippen MR) is 113 cm³/mol. The second-order valence-electron chi connectivity index (χ2n) is 7.06. The molecule has 2 aromatic rings. The molecule has 0 atom stereocenters. The van der Waals surface area contributed by atoms with Gasteiger partial charge in [-0.3, -0.25) is 9.69 Å². The van der Waals surface area contributed by atoms with Crippen molar-refractivity contribution in [2.75, 3.05) is 45.2 Å². The van der Waals surface area contributed by atoms with Gasteiger partial charge in [-0.15, -0.1) is 0 Å². The monoisotopic (exact) mass is 491 g/mol. The molecule has 0 aliphatic carbocycles. The molecular weight excluding hydrogens is 471 g/mol. The highest BCUT2D eigenvalue weighted by atomic mass is 35.5. The van der Waals surface area contributed by atoms with Gasteiger partial charge < -0.3 is 10.1 Å². The Hall–Kier alpha value is -2.34. The van der Waals surface area contributed by atoms with E-state index < -0.39 is 33.4 Å². The number of nitrogens with zero attached hydrogens (tertiary/aromatic N) is 2. The summed E-state index contributed by atoms with van der Waals surface area (Å²) in [5.74, 6) is -0.137. The fourth-order valence-corrected chi connectivity index (χ4v) is 4.94. The number of para-hydroxylation sites is 1. The minimum atomic E-state index is -4.67. The van der Waals surface area contributed by atoms with Crippen LogP contribution >= 0.6 is 11.6 Å². The van der Waals surface area contributed by atoms with Gasteiger partial charge in [-0.1, -0.05) is 17.7 Å². The maximum Gasteiger partial charge on any atom is 0.418 e. The first-order valence-electron chi connectivity index (χ1n) is 9.54. The van der Waals surface area contributed by atoms with E-state index in [2.05, 4.69) is 5.32 Å². The minimum absolute atomic E-state index is 0.128. The van der Waals surface area contributed by atoms with Gasteiger partial charge >= 0.3 is 6.18 Å². The maximum absolute atomic E-state index is 13.2. The van der Waals surface area contributed by atoms with Gasteiger partial charge in [0.2, 0.25) is 15.9 Å². The van der Waals surface area contributed by atoms with Gasteiger partial charge in [-0.25, -0.2) is 8.42 Å². The topological polar surface area (TPSA) is 79.0 Å². The van der Waals surface area contributed by atoms with E-state index in [1.165, 1.54) is 29.6 Å². The Morgan fingerprint density at radius 1 is 1.09 bits per heavy atom. The van der Waals surface area contributed by atoms with E-state index in [0.717, 1.165) is 12.1 Å². The molecule has 7 nitrogen and oxygen atoms in total. The number of amides is 1. The van der Waals surface area contributed by atoms with Crippen LogP contribution in [0.5, 0.6) is 5.75 Å². The molecule has 2 aromatic carbocycles. The van der Waals surface area contributed by atoms with Crippen LogP contribution < -0.4 is 10.1 Å². The number of piperazine rings is 1. The number of methoxy groups -OCH3 is 1. The van der Waals surface area contributed by atoms with Crippen molar-refractivity contribution in [3.05, 3.63) is 53.1 Å². The van der Waals surface area contributed by atoms with Crippen molar-refractivity contribution < 1.29 is 31.1 Å². The van der Waals surface area contributed by atoms with Gasteiger partial charge in [0.05, 0.1) is 34.8 Å². The minimum Gasteiger partial charge on any atom is -0.497 e. The third-order valence-electron chi connectivity index (χ3n) is 4.98. The molecule has 0 unspecified atom stereocenters. The van der Waals surface area contributed by atoms with Crippen LogP contribution in [0.2, 0.25) is 5.02 Å². The second kappa shape index (κ2) is 9.65. The number of ether oxygens (including phenoxy) is 1. The normalized spacial score (nSPS) is 16.0. The predicted octanol–water partition coefficient (Wildman–Crippen LogP) is 3.31. The number of anilines is 1. The van der Waals surface area contributed by atoms with Crippen LogP contribution in [0, 0.1) is 0 Å². The van der Waals surface area contributed by atoms with Crippen molar-refractivity contribution in [2.24, 2.45) is 0 Å². The van der Waals surface area contributed by atoms with E-state index >= 15 is 0 Å². The second-order valence-corrected chi connectivity index (χ2v) is 9.41. The largest absolute Gasteiger partial charge is 0.497 e. The van der Waals surface area contributed by atoms with Crippen molar-refractivity contribution in [2.45, 2.75) is 11.1 Å². The molecule has 32 heavy (non-hydrogen) atoms. The Balaban J connectivity index is 1.60. The molecular formula is C20H21ClF3N3O4S. The summed E-state index contributed by atoms with van der Waals surface area (Å²) in [5.41, 5.74) is -1.53. The molecule has 0 radical (unpaired) electrons. The molecule has 1 saturated heterocycles. The Morgan fingerprint density at radius 3 is 2.28 bits per heavy atom. The van der Waals surface area contributed by atoms with Gasteiger partial charge in [0, 0.05) is 26.2 Å². The van der Waals surface area contributed by atoms with Crippen LogP contribution in [0.15, 0.2) is 47.4 Å². The number of hydrogen-bond acceptors (Lipinski definition) is 5. The Bertz CT molecular complexity index is 1070. The average Bonchev–Trinajstić information content (AvgIpc) is 2.74. The van der Waals surface area contributed by atoms with E-state index in [1.807, 2.05) is 0 Å². The average molecular weight is 492 g/mol. The lowest BCUT2D eigenvalue weighted by Crippen LogP contribution is -2.50. The van der Waals surface area contributed by atoms with Crippen LogP contribution in [0.1, 0.15) is 5.56 Å². The van der Waals surface area contributed by atoms with E-state index in [0.29, 0.717) is 5.75 Å². The zero-order valence-corrected chi connectivity index (χ0v) is 18.6. The van der Waals surface area contributed by atoms with Gasteiger partial charge in [0.1, 0.15) is 5.75 Å². The first-order chi connectivity index (χ1) is 15.0. The highest BCUT2D eigenvalue weighted by molar-refractivity contribution is 7.89. The molecule has 0 spiro atoms. The first-order valence-corrected chi connectivity index (χ1v) is 11.4. The van der Waals surface area contributed by atoms with Crippen molar-refractivity contribution in [3.63, 3.8) is 0 Å². The van der Waals surface area contributed by atoms with E-state index in [-0.39, 0.29) is 42.6 Å². The van der Waals surface area contributed by atoms with Gasteiger partial charge in [0.15, 0.2) is 0 Å². The van der Waals surface area contributed by atoms with Gasteiger partial charge in [-0.05, 0) is 36.4 Å². The van der Waals surface area contributed by atoms with Crippen LogP contribution in [0.4, 0.5) is 18.9 Å². The molecule has 1 aliphatic rings. The Kier molecular flexibility index (Phi) is 7.33. The number of carbonyl (C=O) groups is 1. The molecule has 1 fully saturated rings. The fraction of sp³-hybridized carbons (Fsp3) is 0.350. The summed E-state index contributed by atoms with van der Waals surface area (Å²) in [6, 6.07) is 9.27. The number of rotatable bonds is 6. The van der Waals surface area contributed by atoms with Gasteiger partial charge in [0.25, 0.3) is 0 Å². The molecule has 1 heterocycles.